The van der Waals surface area contributed by atoms with Gasteiger partial charge in [0.25, 0.3) is 5.56 Å². The van der Waals surface area contributed by atoms with Crippen molar-refractivity contribution in [3.63, 3.8) is 0 Å². The van der Waals surface area contributed by atoms with E-state index in [0.717, 1.165) is 16.9 Å². The molecular formula is C34H33N3O3. The molecule has 1 amide bonds. The van der Waals surface area contributed by atoms with Crippen LogP contribution >= 0.6 is 0 Å². The fourth-order valence-electron chi connectivity index (χ4n) is 4.94. The van der Waals surface area contributed by atoms with E-state index in [1.807, 2.05) is 122 Å². The predicted octanol–water partition coefficient (Wildman–Crippen LogP) is 6.51. The highest BCUT2D eigenvalue weighted by Gasteiger charge is 2.27. The molecule has 6 nitrogen and oxygen atoms in total. The molecule has 1 aromatic heterocycles. The maximum atomic E-state index is 13.9. The fourth-order valence-corrected chi connectivity index (χ4v) is 4.94. The van der Waals surface area contributed by atoms with Gasteiger partial charge in [0.05, 0.1) is 29.2 Å². The van der Waals surface area contributed by atoms with Crippen molar-refractivity contribution in [2.24, 2.45) is 0 Å². The minimum Gasteiger partial charge on any atom is -0.494 e. The van der Waals surface area contributed by atoms with E-state index in [2.05, 4.69) is 0 Å². The van der Waals surface area contributed by atoms with E-state index in [1.54, 1.807) is 10.6 Å². The van der Waals surface area contributed by atoms with Crippen LogP contribution in [0.1, 0.15) is 43.3 Å². The first-order valence-electron chi connectivity index (χ1n) is 13.7. The number of aryl methyl sites for hydroxylation is 1. The molecule has 0 N–H and O–H groups in total. The van der Waals surface area contributed by atoms with Gasteiger partial charge in [-0.2, -0.15) is 0 Å². The minimum absolute atomic E-state index is 0.000794. The minimum atomic E-state index is -0.479. The van der Waals surface area contributed by atoms with E-state index in [4.69, 9.17) is 9.72 Å². The van der Waals surface area contributed by atoms with Crippen LogP contribution in [-0.4, -0.2) is 27.0 Å². The van der Waals surface area contributed by atoms with E-state index < -0.39 is 6.04 Å². The van der Waals surface area contributed by atoms with Crippen molar-refractivity contribution in [2.75, 3.05) is 6.61 Å². The summed E-state index contributed by atoms with van der Waals surface area (Å²) in [7, 11) is 0. The number of amides is 1. The molecular weight excluding hydrogens is 498 g/mol. The molecule has 0 saturated carbocycles. The molecule has 1 atom stereocenters. The van der Waals surface area contributed by atoms with Gasteiger partial charge in [-0.25, -0.2) is 4.98 Å². The Morgan fingerprint density at radius 3 is 2.15 bits per heavy atom. The lowest BCUT2D eigenvalue weighted by Gasteiger charge is -2.31. The smallest absolute Gasteiger partial charge is 0.266 e. The van der Waals surface area contributed by atoms with Crippen molar-refractivity contribution < 1.29 is 9.53 Å². The molecule has 202 valence electrons. The zero-order chi connectivity index (χ0) is 27.9. The molecule has 1 heterocycles. The lowest BCUT2D eigenvalue weighted by atomic mass is 10.1. The molecule has 0 spiro atoms. The first-order valence-corrected chi connectivity index (χ1v) is 13.7. The summed E-state index contributed by atoms with van der Waals surface area (Å²) < 4.78 is 7.25. The number of hydrogen-bond donors (Lipinski definition) is 0. The molecule has 5 rings (SSSR count). The first-order chi connectivity index (χ1) is 19.5. The summed E-state index contributed by atoms with van der Waals surface area (Å²) >= 11 is 0. The van der Waals surface area contributed by atoms with Crippen molar-refractivity contribution >= 4 is 16.8 Å². The molecule has 5 aromatic rings. The molecule has 0 bridgehead atoms. The molecule has 0 aliphatic rings. The maximum absolute atomic E-state index is 13.9. The fraction of sp³-hybridized carbons (Fsp3) is 0.206. The summed E-state index contributed by atoms with van der Waals surface area (Å²) in [5.41, 5.74) is 3.22. The van der Waals surface area contributed by atoms with Crippen LogP contribution in [0.4, 0.5) is 0 Å². The average molecular weight is 532 g/mol. The Morgan fingerprint density at radius 1 is 0.850 bits per heavy atom. The molecule has 0 aliphatic carbocycles. The average Bonchev–Trinajstić information content (AvgIpc) is 3.00. The van der Waals surface area contributed by atoms with E-state index in [1.165, 1.54) is 0 Å². The lowest BCUT2D eigenvalue weighted by Crippen LogP contribution is -2.37. The summed E-state index contributed by atoms with van der Waals surface area (Å²) in [5, 5.41) is 0.525. The number of rotatable bonds is 10. The Kier molecular flexibility index (Phi) is 8.35. The van der Waals surface area contributed by atoms with Gasteiger partial charge in [0, 0.05) is 13.0 Å². The van der Waals surface area contributed by atoms with Gasteiger partial charge in [0.1, 0.15) is 11.6 Å². The van der Waals surface area contributed by atoms with Crippen LogP contribution < -0.4 is 10.3 Å². The molecule has 4 aromatic carbocycles. The second-order valence-electron chi connectivity index (χ2n) is 9.72. The monoisotopic (exact) mass is 531 g/mol. The molecule has 1 unspecified atom stereocenters. The van der Waals surface area contributed by atoms with E-state index in [-0.39, 0.29) is 11.5 Å². The van der Waals surface area contributed by atoms with Crippen LogP contribution in [0.25, 0.3) is 16.6 Å². The highest BCUT2D eigenvalue weighted by Crippen LogP contribution is 2.26. The lowest BCUT2D eigenvalue weighted by molar-refractivity contribution is -0.134. The summed E-state index contributed by atoms with van der Waals surface area (Å²) in [4.78, 5) is 34.6. The first kappa shape index (κ1) is 26.9. The topological polar surface area (TPSA) is 64.4 Å². The van der Waals surface area contributed by atoms with Gasteiger partial charge in [-0.15, -0.1) is 0 Å². The second-order valence-corrected chi connectivity index (χ2v) is 9.72. The highest BCUT2D eigenvalue weighted by molar-refractivity contribution is 5.79. The van der Waals surface area contributed by atoms with Crippen LogP contribution in [0.3, 0.4) is 0 Å². The maximum Gasteiger partial charge on any atom is 0.266 e. The van der Waals surface area contributed by atoms with Crippen molar-refractivity contribution in [1.82, 2.24) is 14.5 Å². The van der Waals surface area contributed by atoms with Gasteiger partial charge in [0.15, 0.2) is 0 Å². The molecule has 40 heavy (non-hydrogen) atoms. The Morgan fingerprint density at radius 2 is 1.48 bits per heavy atom. The molecule has 0 saturated heterocycles. The Bertz CT molecular complexity index is 1630. The second kappa shape index (κ2) is 12.4. The van der Waals surface area contributed by atoms with Crippen LogP contribution in [0.2, 0.25) is 0 Å². The van der Waals surface area contributed by atoms with Gasteiger partial charge in [-0.05, 0) is 67.8 Å². The predicted molar refractivity (Wildman–Crippen MR) is 159 cm³/mol. The largest absolute Gasteiger partial charge is 0.494 e. The highest BCUT2D eigenvalue weighted by atomic mass is 16.5. The Balaban J connectivity index is 1.58. The quantitative estimate of drug-likeness (QED) is 0.206. The van der Waals surface area contributed by atoms with Crippen LogP contribution in [0, 0.1) is 0 Å². The third kappa shape index (κ3) is 5.96. The number of hydrogen-bond acceptors (Lipinski definition) is 4. The van der Waals surface area contributed by atoms with Gasteiger partial charge in [0.2, 0.25) is 5.91 Å². The van der Waals surface area contributed by atoms with Crippen molar-refractivity contribution in [1.29, 1.82) is 0 Å². The van der Waals surface area contributed by atoms with Crippen LogP contribution in [0.5, 0.6) is 5.75 Å². The van der Waals surface area contributed by atoms with Gasteiger partial charge < -0.3 is 9.64 Å². The Labute approximate surface area is 234 Å². The Hall–Kier alpha value is -4.71. The zero-order valence-corrected chi connectivity index (χ0v) is 22.9. The van der Waals surface area contributed by atoms with E-state index in [0.29, 0.717) is 48.4 Å². The van der Waals surface area contributed by atoms with Gasteiger partial charge >= 0.3 is 0 Å². The molecule has 0 aliphatic heterocycles. The number of fused-ring (bicyclic) bond motifs is 1. The molecule has 0 fully saturated rings. The van der Waals surface area contributed by atoms with Crippen molar-refractivity contribution in [3.8, 4) is 11.4 Å². The SMILES string of the molecule is CCOc1ccc(-n2c(C(C)N(Cc3ccccc3)C(=O)CCc3ccccc3)nc3ccccc3c2=O)cc1. The summed E-state index contributed by atoms with van der Waals surface area (Å²) in [6.07, 6.45) is 0.983. The number of benzene rings is 4. The van der Waals surface area contributed by atoms with Crippen LogP contribution in [-0.2, 0) is 17.8 Å². The zero-order valence-electron chi connectivity index (χ0n) is 22.9. The number of ether oxygens (including phenoxy) is 1. The third-order valence-corrected chi connectivity index (χ3v) is 7.04. The number of carbonyl (C=O) groups is 1. The van der Waals surface area contributed by atoms with Crippen molar-refractivity contribution in [3.05, 3.63) is 136 Å². The number of aromatic nitrogens is 2. The van der Waals surface area contributed by atoms with Crippen LogP contribution in [0.15, 0.2) is 114 Å². The number of para-hydroxylation sites is 1. The molecule has 0 radical (unpaired) electrons. The van der Waals surface area contributed by atoms with Gasteiger partial charge in [-0.3, -0.25) is 14.2 Å². The van der Waals surface area contributed by atoms with Gasteiger partial charge in [-0.1, -0.05) is 72.8 Å². The molecule has 6 heteroatoms. The van der Waals surface area contributed by atoms with Crippen molar-refractivity contribution in [2.45, 2.75) is 39.3 Å². The summed E-state index contributed by atoms with van der Waals surface area (Å²) in [6.45, 7) is 4.84. The normalized spacial score (nSPS) is 11.8. The third-order valence-electron chi connectivity index (χ3n) is 7.04. The summed E-state index contributed by atoms with van der Waals surface area (Å²) in [6, 6.07) is 34.2. The van der Waals surface area contributed by atoms with E-state index in [9.17, 15) is 9.59 Å². The van der Waals surface area contributed by atoms with E-state index >= 15 is 0 Å². The summed E-state index contributed by atoms with van der Waals surface area (Å²) in [5.74, 6) is 1.24. The number of nitrogens with zero attached hydrogens (tertiary/aromatic N) is 3. The number of carbonyl (C=O) groups excluding carboxylic acids is 1. The standard InChI is InChI=1S/C34H33N3O3/c1-3-40-29-21-19-28(20-22-29)37-33(35-31-17-11-10-16-30(31)34(37)39)25(2)36(24-27-14-8-5-9-15-27)32(38)23-18-26-12-6-4-7-13-26/h4-17,19-22,25H,3,18,23-24H2,1-2H3.